The number of carbonyl (C=O) groups is 1. The second kappa shape index (κ2) is 9.84. The number of hydrogen-bond acceptors (Lipinski definition) is 12. The summed E-state index contributed by atoms with van der Waals surface area (Å²) in [4.78, 5) is 29.1. The van der Waals surface area contributed by atoms with Gasteiger partial charge in [-0.15, -0.1) is 23.1 Å². The first-order chi connectivity index (χ1) is 20.6. The number of primary amides is 1. The number of nitrogens with zero attached hydrogens (tertiary/aromatic N) is 7. The van der Waals surface area contributed by atoms with Gasteiger partial charge in [0.05, 0.1) is 21.3 Å². The van der Waals surface area contributed by atoms with E-state index >= 15 is 0 Å². The molecule has 43 heavy (non-hydrogen) atoms. The molecule has 14 heteroatoms. The van der Waals surface area contributed by atoms with Crippen LogP contribution in [0.1, 0.15) is 60.6 Å². The Morgan fingerprint density at radius 2 is 2.00 bits per heavy atom. The van der Waals surface area contributed by atoms with Crippen LogP contribution >= 0.6 is 23.1 Å². The van der Waals surface area contributed by atoms with Crippen LogP contribution in [-0.2, 0) is 15.3 Å². The number of thiophene rings is 1. The molecular weight excluding hydrogens is 590 g/mol. The van der Waals surface area contributed by atoms with E-state index in [0.29, 0.717) is 61.1 Å². The average Bonchev–Trinajstić information content (AvgIpc) is 3.26. The van der Waals surface area contributed by atoms with Gasteiger partial charge in [0.15, 0.2) is 11.6 Å². The van der Waals surface area contributed by atoms with Crippen LogP contribution in [-0.4, -0.2) is 78.4 Å². The zero-order valence-corrected chi connectivity index (χ0v) is 25.9. The monoisotopic (exact) mass is 623 g/mol. The van der Waals surface area contributed by atoms with Crippen molar-refractivity contribution in [3.63, 3.8) is 0 Å². The SMILES string of the molecule is CC(N(C)c1nc(OC[C@@]23CCCN2C[C@H](F)C3)nc(N2CC3(C2)SCc2sc(N)c(C#N)c23)c1C#N)C1(C(N)=O)CC1. The van der Waals surface area contributed by atoms with Crippen molar-refractivity contribution >= 4 is 45.6 Å². The van der Waals surface area contributed by atoms with Crippen LogP contribution in [0.15, 0.2) is 0 Å². The van der Waals surface area contributed by atoms with Crippen molar-refractivity contribution in [3.8, 4) is 18.1 Å². The van der Waals surface area contributed by atoms with Crippen molar-refractivity contribution in [1.29, 1.82) is 10.5 Å². The van der Waals surface area contributed by atoms with Gasteiger partial charge in [0, 0.05) is 55.3 Å². The number of anilines is 3. The van der Waals surface area contributed by atoms with Gasteiger partial charge in [-0.2, -0.15) is 20.5 Å². The molecule has 1 unspecified atom stereocenters. The quantitative estimate of drug-likeness (QED) is 0.445. The van der Waals surface area contributed by atoms with Crippen molar-refractivity contribution in [3.05, 3.63) is 21.6 Å². The van der Waals surface area contributed by atoms with Gasteiger partial charge in [-0.25, -0.2) is 4.39 Å². The molecule has 1 spiro atoms. The molecule has 3 atom stereocenters. The minimum absolute atomic E-state index is 0.119. The molecule has 7 rings (SSSR count). The average molecular weight is 624 g/mol. The standard InChI is InChI=1S/C29H34FN9O2S2/c1-16(28(5-6-28)25(34)40)37(2)23-19(10-32)24(36-26(35-23)41-15-27-4-3-7-39(27)11-17(30)8-27)38-13-29(14-38)21-18(9-31)22(33)43-20(21)12-42-29/h16-17H,3-8,11-15,33H2,1-2H3,(H2,34,40)/t16?,17-,27+/m1/s1. The third kappa shape index (κ3) is 4.17. The summed E-state index contributed by atoms with van der Waals surface area (Å²) in [6.45, 7) is 4.54. The van der Waals surface area contributed by atoms with Crippen molar-refractivity contribution in [2.45, 2.75) is 67.3 Å². The minimum Gasteiger partial charge on any atom is -0.461 e. The Morgan fingerprint density at radius 1 is 1.26 bits per heavy atom. The van der Waals surface area contributed by atoms with Gasteiger partial charge in [0.2, 0.25) is 5.91 Å². The third-order valence-corrected chi connectivity index (χ3v) is 13.1. The van der Waals surface area contributed by atoms with Crippen LogP contribution in [0.2, 0.25) is 0 Å². The number of nitrogen functional groups attached to an aromatic ring is 1. The van der Waals surface area contributed by atoms with Gasteiger partial charge < -0.3 is 26.0 Å². The molecule has 4 fully saturated rings. The Labute approximate surface area is 258 Å². The second-order valence-electron chi connectivity index (χ2n) is 12.7. The first-order valence-electron chi connectivity index (χ1n) is 14.6. The summed E-state index contributed by atoms with van der Waals surface area (Å²) in [6, 6.07) is 4.44. The second-order valence-corrected chi connectivity index (χ2v) is 15.2. The van der Waals surface area contributed by atoms with E-state index in [2.05, 4.69) is 17.0 Å². The third-order valence-electron chi connectivity index (χ3n) is 10.4. The molecule has 3 saturated heterocycles. The van der Waals surface area contributed by atoms with E-state index in [4.69, 9.17) is 26.2 Å². The number of aromatic nitrogens is 2. The van der Waals surface area contributed by atoms with E-state index in [1.54, 1.807) is 11.8 Å². The van der Waals surface area contributed by atoms with E-state index in [1.807, 2.05) is 23.8 Å². The molecule has 1 saturated carbocycles. The highest BCUT2D eigenvalue weighted by molar-refractivity contribution is 8.00. The molecular formula is C29H34FN9O2S2. The number of fused-ring (bicyclic) bond motifs is 3. The highest BCUT2D eigenvalue weighted by Crippen LogP contribution is 2.58. The molecule has 0 bridgehead atoms. The van der Waals surface area contributed by atoms with Gasteiger partial charge in [-0.1, -0.05) is 0 Å². The lowest BCUT2D eigenvalue weighted by atomic mass is 9.88. The van der Waals surface area contributed by atoms with Crippen molar-refractivity contribution in [1.82, 2.24) is 14.9 Å². The highest BCUT2D eigenvalue weighted by atomic mass is 32.2. The molecule has 4 aliphatic heterocycles. The van der Waals surface area contributed by atoms with Crippen LogP contribution in [0.25, 0.3) is 0 Å². The maximum atomic E-state index is 14.4. The molecule has 1 amide bonds. The van der Waals surface area contributed by atoms with E-state index in [9.17, 15) is 19.7 Å². The van der Waals surface area contributed by atoms with Crippen molar-refractivity contribution < 1.29 is 13.9 Å². The number of nitrogens with two attached hydrogens (primary N) is 2. The van der Waals surface area contributed by atoms with Gasteiger partial charge in [0.25, 0.3) is 0 Å². The number of alkyl halides is 1. The molecule has 4 N–H and O–H groups in total. The Kier molecular flexibility index (Phi) is 6.51. The predicted molar refractivity (Wildman–Crippen MR) is 163 cm³/mol. The van der Waals surface area contributed by atoms with E-state index in [1.165, 1.54) is 11.3 Å². The Hall–Kier alpha value is -3.33. The smallest absolute Gasteiger partial charge is 0.320 e. The first-order valence-corrected chi connectivity index (χ1v) is 16.4. The van der Waals surface area contributed by atoms with Gasteiger partial charge >= 0.3 is 6.01 Å². The molecule has 11 nitrogen and oxygen atoms in total. The summed E-state index contributed by atoms with van der Waals surface area (Å²) in [7, 11) is 1.82. The van der Waals surface area contributed by atoms with Crippen LogP contribution in [0.3, 0.4) is 0 Å². The maximum Gasteiger partial charge on any atom is 0.320 e. The lowest BCUT2D eigenvalue weighted by Gasteiger charge is -2.49. The summed E-state index contributed by atoms with van der Waals surface area (Å²) < 4.78 is 20.4. The van der Waals surface area contributed by atoms with Crippen LogP contribution in [0, 0.1) is 28.1 Å². The fourth-order valence-corrected chi connectivity index (χ4v) is 10.5. The molecule has 1 aliphatic carbocycles. The van der Waals surface area contributed by atoms with E-state index in [0.717, 1.165) is 35.6 Å². The number of amides is 1. The summed E-state index contributed by atoms with van der Waals surface area (Å²) >= 11 is 3.27. The van der Waals surface area contributed by atoms with Crippen molar-refractivity contribution in [2.24, 2.45) is 11.1 Å². The summed E-state index contributed by atoms with van der Waals surface area (Å²) in [5, 5.41) is 20.8. The fourth-order valence-electron chi connectivity index (χ4n) is 7.71. The van der Waals surface area contributed by atoms with E-state index in [-0.39, 0.29) is 40.4 Å². The maximum absolute atomic E-state index is 14.4. The van der Waals surface area contributed by atoms with Gasteiger partial charge in [0.1, 0.15) is 35.5 Å². The van der Waals surface area contributed by atoms with E-state index < -0.39 is 11.6 Å². The zero-order valence-electron chi connectivity index (χ0n) is 24.2. The summed E-state index contributed by atoms with van der Waals surface area (Å²) in [5.41, 5.74) is 12.8. The molecule has 5 aliphatic rings. The van der Waals surface area contributed by atoms with Crippen molar-refractivity contribution in [2.75, 3.05) is 55.4 Å². The number of halogens is 1. The minimum atomic E-state index is -0.886. The first kappa shape index (κ1) is 28.4. The Balaban J connectivity index is 1.24. The zero-order chi connectivity index (χ0) is 30.3. The van der Waals surface area contributed by atoms with Gasteiger partial charge in [-0.05, 0) is 39.2 Å². The summed E-state index contributed by atoms with van der Waals surface area (Å²) in [6.07, 6.45) is 2.73. The number of nitriles is 2. The Bertz CT molecular complexity index is 1590. The molecule has 226 valence electrons. The number of thioether (sulfide) groups is 1. The summed E-state index contributed by atoms with van der Waals surface area (Å²) in [5.74, 6) is 1.25. The van der Waals surface area contributed by atoms with Crippen LogP contribution < -0.4 is 26.0 Å². The molecule has 0 aromatic carbocycles. The fraction of sp³-hybridized carbons (Fsp3) is 0.621. The lowest BCUT2D eigenvalue weighted by molar-refractivity contribution is -0.123. The predicted octanol–water partition coefficient (Wildman–Crippen LogP) is 2.87. The van der Waals surface area contributed by atoms with Crippen LogP contribution in [0.5, 0.6) is 6.01 Å². The van der Waals surface area contributed by atoms with Gasteiger partial charge in [-0.3, -0.25) is 9.69 Å². The Morgan fingerprint density at radius 3 is 2.67 bits per heavy atom. The molecule has 2 aromatic rings. The number of rotatable bonds is 8. The lowest BCUT2D eigenvalue weighted by Crippen LogP contribution is -2.57. The molecule has 0 radical (unpaired) electrons. The normalized spacial score (nSPS) is 26.7. The number of ether oxygens (including phenoxy) is 1. The highest BCUT2D eigenvalue weighted by Gasteiger charge is 2.56. The topological polar surface area (TPSA) is 161 Å². The number of carbonyl (C=O) groups excluding carboxylic acids is 1. The van der Waals surface area contributed by atoms with Crippen LogP contribution in [0.4, 0.5) is 21.0 Å². The largest absolute Gasteiger partial charge is 0.461 e. The molecule has 2 aromatic heterocycles. The number of hydrogen-bond donors (Lipinski definition) is 2. The molecule has 6 heterocycles.